The molecule has 0 aromatic carbocycles. The second-order valence-electron chi connectivity index (χ2n) is 7.30. The maximum absolute atomic E-state index is 4.98. The average molecular weight is 309 g/mol. The van der Waals surface area contributed by atoms with Crippen molar-refractivity contribution in [3.8, 4) is 0 Å². The Morgan fingerprint density at radius 2 is 2.05 bits per heavy atom. The number of nitrogens with zero attached hydrogens (tertiary/aromatic N) is 1. The van der Waals surface area contributed by atoms with Crippen molar-refractivity contribution >= 4 is 11.3 Å². The molecule has 0 saturated heterocycles. The zero-order chi connectivity index (χ0) is 15.6. The van der Waals surface area contributed by atoms with E-state index in [2.05, 4.69) is 46.9 Å². The Morgan fingerprint density at radius 3 is 2.57 bits per heavy atom. The van der Waals surface area contributed by atoms with Crippen LogP contribution in [0.3, 0.4) is 0 Å². The molecular formula is C18H32N2S. The van der Waals surface area contributed by atoms with Crippen molar-refractivity contribution in [1.82, 2.24) is 10.3 Å². The molecule has 1 aromatic rings. The van der Waals surface area contributed by atoms with Crippen molar-refractivity contribution in [1.29, 1.82) is 0 Å². The Labute approximate surface area is 134 Å². The normalized spacial score (nSPS) is 30.0. The Hall–Kier alpha value is -0.410. The van der Waals surface area contributed by atoms with Gasteiger partial charge in [0.2, 0.25) is 0 Å². The van der Waals surface area contributed by atoms with Gasteiger partial charge in [0.05, 0.1) is 11.2 Å². The second-order valence-corrected chi connectivity index (χ2v) is 8.50. The third kappa shape index (κ3) is 3.34. The first kappa shape index (κ1) is 17.0. The highest BCUT2D eigenvalue weighted by molar-refractivity contribution is 7.11. The first-order valence-corrected chi connectivity index (χ1v) is 9.41. The number of hydrogen-bond donors (Lipinski definition) is 1. The number of rotatable bonds is 5. The molecule has 1 aliphatic rings. The second kappa shape index (κ2) is 6.78. The Balaban J connectivity index is 2.46. The highest BCUT2D eigenvalue weighted by Gasteiger charge is 2.47. The molecule has 0 bridgehead atoms. The third-order valence-corrected chi connectivity index (χ3v) is 6.43. The minimum Gasteiger partial charge on any atom is -0.305 e. The van der Waals surface area contributed by atoms with Crippen LogP contribution in [0.25, 0.3) is 0 Å². The molecule has 3 atom stereocenters. The van der Waals surface area contributed by atoms with Gasteiger partial charge in [-0.15, -0.1) is 11.3 Å². The van der Waals surface area contributed by atoms with Crippen LogP contribution in [-0.2, 0) is 5.54 Å². The van der Waals surface area contributed by atoms with Gasteiger partial charge in [0.25, 0.3) is 0 Å². The van der Waals surface area contributed by atoms with E-state index in [1.807, 2.05) is 11.3 Å². The van der Waals surface area contributed by atoms with Gasteiger partial charge >= 0.3 is 0 Å². The maximum atomic E-state index is 4.98. The predicted octanol–water partition coefficient (Wildman–Crippen LogP) is 5.05. The molecule has 0 amide bonds. The lowest BCUT2D eigenvalue weighted by molar-refractivity contribution is 0.0723. The zero-order valence-electron chi connectivity index (χ0n) is 14.6. The van der Waals surface area contributed by atoms with Crippen molar-refractivity contribution in [3.05, 3.63) is 15.6 Å². The number of thiazole rings is 1. The van der Waals surface area contributed by atoms with Crippen LogP contribution in [0.4, 0.5) is 0 Å². The molecule has 1 aromatic heterocycles. The lowest BCUT2D eigenvalue weighted by Crippen LogP contribution is -2.53. The molecule has 3 heteroatoms. The lowest BCUT2D eigenvalue weighted by Gasteiger charge is -2.48. The van der Waals surface area contributed by atoms with Gasteiger partial charge in [-0.05, 0) is 57.4 Å². The third-order valence-electron chi connectivity index (χ3n) is 5.18. The molecule has 1 aliphatic carbocycles. The minimum absolute atomic E-state index is 0.103. The van der Waals surface area contributed by atoms with E-state index >= 15 is 0 Å². The average Bonchev–Trinajstić information content (AvgIpc) is 2.76. The maximum Gasteiger partial charge on any atom is 0.114 e. The summed E-state index contributed by atoms with van der Waals surface area (Å²) in [4.78, 5) is 6.36. The van der Waals surface area contributed by atoms with Gasteiger partial charge in [-0.25, -0.2) is 4.98 Å². The molecule has 1 heterocycles. The van der Waals surface area contributed by atoms with Crippen molar-refractivity contribution in [2.45, 2.75) is 72.8 Å². The highest BCUT2D eigenvalue weighted by Crippen LogP contribution is 2.48. The molecule has 2 nitrogen and oxygen atoms in total. The molecule has 0 aliphatic heterocycles. The number of aryl methyl sites for hydroxylation is 2. The van der Waals surface area contributed by atoms with Crippen molar-refractivity contribution < 1.29 is 0 Å². The van der Waals surface area contributed by atoms with Crippen LogP contribution < -0.4 is 5.32 Å². The van der Waals surface area contributed by atoms with E-state index in [1.165, 1.54) is 41.3 Å². The molecule has 0 spiro atoms. The van der Waals surface area contributed by atoms with Crippen LogP contribution in [0.2, 0.25) is 0 Å². The largest absolute Gasteiger partial charge is 0.305 e. The van der Waals surface area contributed by atoms with Gasteiger partial charge in [-0.3, -0.25) is 0 Å². The molecule has 1 fully saturated rings. The molecule has 1 N–H and O–H groups in total. The van der Waals surface area contributed by atoms with E-state index in [-0.39, 0.29) is 5.54 Å². The SMILES string of the molecule is CCCNC1(c2nc(C)c(C)s2)CC(C)CCC1C(C)C. The molecule has 120 valence electrons. The van der Waals surface area contributed by atoms with Gasteiger partial charge in [0.15, 0.2) is 0 Å². The summed E-state index contributed by atoms with van der Waals surface area (Å²) >= 11 is 1.92. The Kier molecular flexibility index (Phi) is 5.48. The Morgan fingerprint density at radius 1 is 1.33 bits per heavy atom. The molecule has 1 saturated carbocycles. The summed E-state index contributed by atoms with van der Waals surface area (Å²) in [5.41, 5.74) is 1.32. The quantitative estimate of drug-likeness (QED) is 0.823. The first-order valence-electron chi connectivity index (χ1n) is 8.60. The van der Waals surface area contributed by atoms with Crippen molar-refractivity contribution in [2.75, 3.05) is 6.54 Å². The van der Waals surface area contributed by atoms with Crippen LogP contribution in [0.15, 0.2) is 0 Å². The van der Waals surface area contributed by atoms with Crippen LogP contribution in [0.5, 0.6) is 0 Å². The fourth-order valence-corrected chi connectivity index (χ4v) is 5.11. The molecule has 2 rings (SSSR count). The van der Waals surface area contributed by atoms with E-state index in [9.17, 15) is 0 Å². The minimum atomic E-state index is 0.103. The van der Waals surface area contributed by atoms with Crippen LogP contribution in [0, 0.1) is 31.6 Å². The first-order chi connectivity index (χ1) is 9.90. The summed E-state index contributed by atoms with van der Waals surface area (Å²) in [6, 6.07) is 0. The van der Waals surface area contributed by atoms with Crippen LogP contribution >= 0.6 is 11.3 Å². The van der Waals surface area contributed by atoms with E-state index in [4.69, 9.17) is 4.98 Å². The van der Waals surface area contributed by atoms with Gasteiger partial charge in [0.1, 0.15) is 5.01 Å². The number of nitrogens with one attached hydrogen (secondary N) is 1. The summed E-state index contributed by atoms with van der Waals surface area (Å²) in [6.45, 7) is 14.9. The molecule has 21 heavy (non-hydrogen) atoms. The fourth-order valence-electron chi connectivity index (χ4n) is 3.95. The number of hydrogen-bond acceptors (Lipinski definition) is 3. The predicted molar refractivity (Wildman–Crippen MR) is 92.9 cm³/mol. The van der Waals surface area contributed by atoms with Gasteiger partial charge in [-0.1, -0.05) is 34.1 Å². The molecule has 0 radical (unpaired) electrons. The van der Waals surface area contributed by atoms with E-state index in [1.54, 1.807) is 0 Å². The summed E-state index contributed by atoms with van der Waals surface area (Å²) in [5.74, 6) is 2.19. The van der Waals surface area contributed by atoms with Crippen molar-refractivity contribution in [3.63, 3.8) is 0 Å². The van der Waals surface area contributed by atoms with Gasteiger partial charge < -0.3 is 5.32 Å². The smallest absolute Gasteiger partial charge is 0.114 e. The zero-order valence-corrected chi connectivity index (χ0v) is 15.4. The highest BCUT2D eigenvalue weighted by atomic mass is 32.1. The van der Waals surface area contributed by atoms with Gasteiger partial charge in [-0.2, -0.15) is 0 Å². The summed E-state index contributed by atoms with van der Waals surface area (Å²) < 4.78 is 0. The standard InChI is InChI=1S/C18H32N2S/c1-7-10-19-18(17-20-14(5)15(6)21-17)11-13(4)8-9-16(18)12(2)3/h12-13,16,19H,7-11H2,1-6H3. The van der Waals surface area contributed by atoms with E-state index in [0.717, 1.165) is 12.5 Å². The summed E-state index contributed by atoms with van der Waals surface area (Å²) in [5, 5.41) is 5.30. The van der Waals surface area contributed by atoms with E-state index in [0.29, 0.717) is 11.8 Å². The van der Waals surface area contributed by atoms with E-state index < -0.39 is 0 Å². The monoisotopic (exact) mass is 308 g/mol. The van der Waals surface area contributed by atoms with Crippen LogP contribution in [-0.4, -0.2) is 11.5 Å². The topological polar surface area (TPSA) is 24.9 Å². The number of aromatic nitrogens is 1. The fraction of sp³-hybridized carbons (Fsp3) is 0.833. The van der Waals surface area contributed by atoms with Crippen molar-refractivity contribution in [2.24, 2.45) is 17.8 Å². The Bertz CT molecular complexity index is 446. The van der Waals surface area contributed by atoms with Gasteiger partial charge in [0, 0.05) is 4.88 Å². The van der Waals surface area contributed by atoms with Crippen LogP contribution in [0.1, 0.15) is 69.0 Å². The summed E-state index contributed by atoms with van der Waals surface area (Å²) in [7, 11) is 0. The lowest BCUT2D eigenvalue weighted by atomic mass is 9.65. The summed E-state index contributed by atoms with van der Waals surface area (Å²) in [6.07, 6.45) is 5.11. The molecular weight excluding hydrogens is 276 g/mol. The molecule has 3 unspecified atom stereocenters.